The summed E-state index contributed by atoms with van der Waals surface area (Å²) in [7, 11) is 0. The number of carboxylic acids is 2. The van der Waals surface area contributed by atoms with E-state index in [9.17, 15) is 19.5 Å². The zero-order chi connectivity index (χ0) is 15.0. The van der Waals surface area contributed by atoms with E-state index in [1.807, 2.05) is 13.8 Å². The Labute approximate surface area is 111 Å². The Bertz CT molecular complexity index is 331. The highest BCUT2D eigenvalue weighted by molar-refractivity contribution is 5.77. The number of rotatable bonds is 8. The van der Waals surface area contributed by atoms with Crippen LogP contribution in [-0.2, 0) is 9.59 Å². The molecule has 0 aromatic rings. The lowest BCUT2D eigenvalue weighted by atomic mass is 10.2. The molecule has 0 spiro atoms. The first-order valence-corrected chi connectivity index (χ1v) is 5.89. The van der Waals surface area contributed by atoms with Crippen molar-refractivity contribution in [3.05, 3.63) is 0 Å². The average Bonchev–Trinajstić information content (AvgIpc) is 2.30. The summed E-state index contributed by atoms with van der Waals surface area (Å²) < 4.78 is 0. The van der Waals surface area contributed by atoms with Crippen LogP contribution < -0.4 is 5.32 Å². The minimum absolute atomic E-state index is 0.163. The van der Waals surface area contributed by atoms with Gasteiger partial charge in [0.25, 0.3) is 0 Å². The van der Waals surface area contributed by atoms with Crippen molar-refractivity contribution in [2.45, 2.75) is 26.4 Å². The smallest absolute Gasteiger partial charge is 0.334 e. The molecule has 0 aliphatic carbocycles. The first kappa shape index (κ1) is 17.2. The molecule has 0 rings (SSSR count). The molecule has 4 N–H and O–H groups in total. The molecule has 0 saturated carbocycles. The number of hydrogen-bond donors (Lipinski definition) is 4. The normalized spacial score (nSPS) is 12.0. The second-order valence-electron chi connectivity index (χ2n) is 4.52. The van der Waals surface area contributed by atoms with Gasteiger partial charge in [0.1, 0.15) is 0 Å². The Balaban J connectivity index is 4.51. The van der Waals surface area contributed by atoms with Gasteiger partial charge in [0, 0.05) is 13.1 Å². The number of urea groups is 1. The minimum Gasteiger partial charge on any atom is -0.481 e. The van der Waals surface area contributed by atoms with Gasteiger partial charge in [-0.2, -0.15) is 0 Å². The number of aliphatic hydroxyl groups excluding tert-OH is 1. The molecule has 0 heterocycles. The van der Waals surface area contributed by atoms with Crippen LogP contribution in [0.3, 0.4) is 0 Å². The van der Waals surface area contributed by atoms with Gasteiger partial charge in [0.05, 0.1) is 13.0 Å². The van der Waals surface area contributed by atoms with Gasteiger partial charge in [-0.15, -0.1) is 0 Å². The molecule has 0 aromatic heterocycles. The Hall–Kier alpha value is -1.83. The van der Waals surface area contributed by atoms with E-state index in [-0.39, 0.29) is 18.9 Å². The number of aliphatic hydroxyl groups is 1. The van der Waals surface area contributed by atoms with Crippen LogP contribution in [0.25, 0.3) is 0 Å². The van der Waals surface area contributed by atoms with Crippen LogP contribution in [0.15, 0.2) is 0 Å². The van der Waals surface area contributed by atoms with E-state index in [0.29, 0.717) is 6.54 Å². The maximum Gasteiger partial charge on any atom is 0.334 e. The van der Waals surface area contributed by atoms with E-state index >= 15 is 0 Å². The number of carboxylic acid groups (broad SMARTS) is 2. The predicted molar refractivity (Wildman–Crippen MR) is 65.7 cm³/mol. The molecule has 0 fully saturated rings. The first-order valence-electron chi connectivity index (χ1n) is 5.89. The monoisotopic (exact) mass is 276 g/mol. The molecule has 1 atom stereocenters. The Morgan fingerprint density at radius 1 is 1.21 bits per heavy atom. The highest BCUT2D eigenvalue weighted by Gasteiger charge is 2.22. The van der Waals surface area contributed by atoms with Crippen LogP contribution in [0.4, 0.5) is 4.79 Å². The molecular weight excluding hydrogens is 256 g/mol. The number of carbonyl (C=O) groups excluding carboxylic acids is 1. The quantitative estimate of drug-likeness (QED) is 0.476. The molecule has 0 unspecified atom stereocenters. The number of nitrogens with one attached hydrogen (secondary N) is 1. The third-order valence-corrected chi connectivity index (χ3v) is 2.22. The summed E-state index contributed by atoms with van der Waals surface area (Å²) in [6, 6.07) is -0.588. The molecule has 0 aromatic carbocycles. The van der Waals surface area contributed by atoms with Crippen LogP contribution >= 0.6 is 0 Å². The van der Waals surface area contributed by atoms with Crippen molar-refractivity contribution in [1.82, 2.24) is 10.2 Å². The lowest BCUT2D eigenvalue weighted by Crippen LogP contribution is -2.47. The van der Waals surface area contributed by atoms with Crippen molar-refractivity contribution in [3.8, 4) is 0 Å². The molecule has 0 saturated heterocycles. The third-order valence-electron chi connectivity index (χ3n) is 2.22. The summed E-state index contributed by atoms with van der Waals surface area (Å²) in [6.07, 6.45) is -2.06. The maximum absolute atomic E-state index is 11.7. The topological polar surface area (TPSA) is 127 Å². The largest absolute Gasteiger partial charge is 0.481 e. The fourth-order valence-electron chi connectivity index (χ4n) is 1.20. The van der Waals surface area contributed by atoms with Gasteiger partial charge in [-0.3, -0.25) is 4.79 Å². The summed E-state index contributed by atoms with van der Waals surface area (Å²) in [4.78, 5) is 33.7. The fraction of sp³-hybridized carbons (Fsp3) is 0.727. The second-order valence-corrected chi connectivity index (χ2v) is 4.52. The minimum atomic E-state index is -1.74. The molecule has 0 aliphatic rings. The van der Waals surface area contributed by atoms with E-state index in [1.54, 1.807) is 0 Å². The zero-order valence-corrected chi connectivity index (χ0v) is 11.0. The average molecular weight is 276 g/mol. The van der Waals surface area contributed by atoms with Crippen LogP contribution in [0.5, 0.6) is 0 Å². The molecule has 0 bridgehead atoms. The lowest BCUT2D eigenvalue weighted by molar-refractivity contribution is -0.147. The predicted octanol–water partition coefficient (Wildman–Crippen LogP) is -0.426. The van der Waals surface area contributed by atoms with Gasteiger partial charge in [-0.1, -0.05) is 13.8 Å². The zero-order valence-electron chi connectivity index (χ0n) is 11.0. The van der Waals surface area contributed by atoms with Crippen LogP contribution in [0.2, 0.25) is 0 Å². The molecule has 2 amide bonds. The Morgan fingerprint density at radius 3 is 2.21 bits per heavy atom. The summed E-state index contributed by atoms with van der Waals surface area (Å²) in [5.74, 6) is -2.36. The summed E-state index contributed by atoms with van der Waals surface area (Å²) in [5, 5.41) is 28.9. The molecular formula is C11H20N2O6. The Kier molecular flexibility index (Phi) is 7.50. The van der Waals surface area contributed by atoms with Crippen molar-refractivity contribution in [2.24, 2.45) is 5.92 Å². The molecule has 0 radical (unpaired) electrons. The molecule has 8 nitrogen and oxygen atoms in total. The van der Waals surface area contributed by atoms with Crippen molar-refractivity contribution in [3.63, 3.8) is 0 Å². The first-order chi connectivity index (χ1) is 8.73. The highest BCUT2D eigenvalue weighted by atomic mass is 16.4. The maximum atomic E-state index is 11.7. The fourth-order valence-corrected chi connectivity index (χ4v) is 1.20. The number of aliphatic carboxylic acids is 2. The molecule has 19 heavy (non-hydrogen) atoms. The van der Waals surface area contributed by atoms with E-state index in [4.69, 9.17) is 10.2 Å². The van der Waals surface area contributed by atoms with Crippen molar-refractivity contribution in [2.75, 3.05) is 19.6 Å². The third kappa shape index (κ3) is 7.98. The summed E-state index contributed by atoms with van der Waals surface area (Å²) in [6.45, 7) is 3.53. The summed E-state index contributed by atoms with van der Waals surface area (Å²) >= 11 is 0. The highest BCUT2D eigenvalue weighted by Crippen LogP contribution is 1.98. The van der Waals surface area contributed by atoms with Gasteiger partial charge < -0.3 is 25.5 Å². The van der Waals surface area contributed by atoms with Crippen LogP contribution in [0.1, 0.15) is 20.3 Å². The van der Waals surface area contributed by atoms with Crippen molar-refractivity contribution >= 4 is 18.0 Å². The van der Waals surface area contributed by atoms with Gasteiger partial charge in [-0.25, -0.2) is 9.59 Å². The standard InChI is InChI=1S/C11H20N2O6/c1-7(2)5-12-11(19)13(4-3-9(15)16)6-8(14)10(17)18/h7-8,14H,3-6H2,1-2H3,(H,12,19)(H,15,16)(H,17,18)/t8-/m0/s1. The number of hydrogen-bond acceptors (Lipinski definition) is 4. The van der Waals surface area contributed by atoms with Gasteiger partial charge >= 0.3 is 18.0 Å². The molecule has 110 valence electrons. The van der Waals surface area contributed by atoms with E-state index < -0.39 is 30.6 Å². The summed E-state index contributed by atoms with van der Waals surface area (Å²) in [5.41, 5.74) is 0. The lowest BCUT2D eigenvalue weighted by Gasteiger charge is -2.24. The number of amides is 2. The number of nitrogens with zero attached hydrogens (tertiary/aromatic N) is 1. The van der Waals surface area contributed by atoms with E-state index in [0.717, 1.165) is 4.90 Å². The van der Waals surface area contributed by atoms with Gasteiger partial charge in [-0.05, 0) is 5.92 Å². The van der Waals surface area contributed by atoms with Crippen LogP contribution in [-0.4, -0.2) is 63.9 Å². The second kappa shape index (κ2) is 8.30. The Morgan fingerprint density at radius 2 is 1.79 bits per heavy atom. The van der Waals surface area contributed by atoms with Gasteiger partial charge in [0.15, 0.2) is 6.10 Å². The van der Waals surface area contributed by atoms with Crippen molar-refractivity contribution < 1.29 is 29.7 Å². The van der Waals surface area contributed by atoms with E-state index in [2.05, 4.69) is 5.32 Å². The van der Waals surface area contributed by atoms with E-state index in [1.165, 1.54) is 0 Å². The molecule has 8 heteroatoms. The molecule has 0 aliphatic heterocycles. The van der Waals surface area contributed by atoms with Gasteiger partial charge in [0.2, 0.25) is 0 Å². The van der Waals surface area contributed by atoms with Crippen molar-refractivity contribution in [1.29, 1.82) is 0 Å². The van der Waals surface area contributed by atoms with Crippen LogP contribution in [0, 0.1) is 5.92 Å². The number of carbonyl (C=O) groups is 3. The SMILES string of the molecule is CC(C)CNC(=O)N(CCC(=O)O)C[C@H](O)C(=O)O.